The highest BCUT2D eigenvalue weighted by Gasteiger charge is 2.33. The molecule has 0 atom stereocenters. The van der Waals surface area contributed by atoms with Gasteiger partial charge < -0.3 is 4.74 Å². The van der Waals surface area contributed by atoms with Crippen molar-refractivity contribution >= 4 is 10.0 Å². The maximum absolute atomic E-state index is 13.3. The molecule has 2 rings (SSSR count). The number of halogens is 4. The van der Waals surface area contributed by atoms with Crippen molar-refractivity contribution in [3.63, 3.8) is 0 Å². The second-order valence-electron chi connectivity index (χ2n) is 5.25. The Kier molecular flexibility index (Phi) is 5.81. The van der Waals surface area contributed by atoms with E-state index in [4.69, 9.17) is 4.74 Å². The molecule has 0 aliphatic rings. The van der Waals surface area contributed by atoms with Crippen LogP contribution in [0.3, 0.4) is 0 Å². The highest BCUT2D eigenvalue weighted by atomic mass is 32.2. The molecular weight excluding hydrogens is 378 g/mol. The molecule has 0 aliphatic carbocycles. The van der Waals surface area contributed by atoms with Gasteiger partial charge in [-0.2, -0.15) is 13.2 Å². The zero-order chi connectivity index (χ0) is 19.5. The Morgan fingerprint density at radius 1 is 1.19 bits per heavy atom. The molecule has 1 aromatic heterocycles. The lowest BCUT2D eigenvalue weighted by Crippen LogP contribution is -2.27. The highest BCUT2D eigenvalue weighted by Crippen LogP contribution is 2.28. The molecule has 0 saturated heterocycles. The average Bonchev–Trinajstić information content (AvgIpc) is 2.53. The summed E-state index contributed by atoms with van der Waals surface area (Å²) in [6.07, 6.45) is -4.81. The van der Waals surface area contributed by atoms with Crippen molar-refractivity contribution in [2.24, 2.45) is 0 Å². The summed E-state index contributed by atoms with van der Waals surface area (Å²) < 4.78 is 83.2. The van der Waals surface area contributed by atoms with E-state index in [1.807, 2.05) is 0 Å². The number of hydrogen-bond donors (Lipinski definition) is 1. The van der Waals surface area contributed by atoms with Gasteiger partial charge in [0.15, 0.2) is 0 Å². The first-order valence-electron chi connectivity index (χ1n) is 7.28. The summed E-state index contributed by atoms with van der Waals surface area (Å²) in [5, 5.41) is 0. The van der Waals surface area contributed by atoms with Crippen LogP contribution in [-0.4, -0.2) is 32.0 Å². The third-order valence-corrected chi connectivity index (χ3v) is 4.73. The summed E-state index contributed by atoms with van der Waals surface area (Å²) >= 11 is 0. The lowest BCUT2D eigenvalue weighted by molar-refractivity contribution is -0.141. The van der Waals surface area contributed by atoms with Crippen LogP contribution in [0.2, 0.25) is 0 Å². The quantitative estimate of drug-likeness (QED) is 0.763. The minimum absolute atomic E-state index is 0.0648. The van der Waals surface area contributed by atoms with Crippen LogP contribution in [0, 0.1) is 12.7 Å². The van der Waals surface area contributed by atoms with Gasteiger partial charge in [0.25, 0.3) is 0 Å². The molecule has 0 fully saturated rings. The molecule has 0 spiro atoms. The number of benzene rings is 1. The first-order chi connectivity index (χ1) is 12.0. The molecule has 2 aromatic rings. The predicted octanol–water partition coefficient (Wildman–Crippen LogP) is 2.47. The molecule has 11 heteroatoms. The zero-order valence-electron chi connectivity index (χ0n) is 13.8. The Balaban J connectivity index is 2.15. The fraction of sp³-hybridized carbons (Fsp3) is 0.333. The molecule has 26 heavy (non-hydrogen) atoms. The summed E-state index contributed by atoms with van der Waals surface area (Å²) in [7, 11) is -2.91. The normalized spacial score (nSPS) is 12.2. The number of aromatic nitrogens is 2. The summed E-state index contributed by atoms with van der Waals surface area (Å²) in [5.74, 6) is -1.00. The third kappa shape index (κ3) is 4.88. The minimum atomic E-state index is -4.63. The van der Waals surface area contributed by atoms with Gasteiger partial charge in [-0.3, -0.25) is 0 Å². The van der Waals surface area contributed by atoms with Crippen molar-refractivity contribution < 1.29 is 30.7 Å². The van der Waals surface area contributed by atoms with E-state index in [0.717, 1.165) is 24.3 Å². The van der Waals surface area contributed by atoms with Crippen molar-refractivity contribution in [2.75, 3.05) is 13.7 Å². The number of ether oxygens (including phenoxy) is 1. The summed E-state index contributed by atoms with van der Waals surface area (Å²) in [5.41, 5.74) is -0.994. The van der Waals surface area contributed by atoms with Crippen LogP contribution in [0.1, 0.15) is 17.2 Å². The third-order valence-electron chi connectivity index (χ3n) is 3.25. The van der Waals surface area contributed by atoms with Crippen LogP contribution >= 0.6 is 0 Å². The van der Waals surface area contributed by atoms with Crippen LogP contribution in [0.5, 0.6) is 5.75 Å². The molecule has 0 saturated carbocycles. The number of hydrogen-bond acceptors (Lipinski definition) is 5. The fourth-order valence-electron chi connectivity index (χ4n) is 2.12. The van der Waals surface area contributed by atoms with Crippen LogP contribution in [0.4, 0.5) is 17.6 Å². The Bertz CT molecular complexity index is 901. The molecule has 0 unspecified atom stereocenters. The maximum Gasteiger partial charge on any atom is 0.433 e. The first kappa shape index (κ1) is 20.0. The molecule has 0 aliphatic heterocycles. The van der Waals surface area contributed by atoms with Gasteiger partial charge in [0, 0.05) is 18.7 Å². The highest BCUT2D eigenvalue weighted by molar-refractivity contribution is 7.89. The molecule has 0 radical (unpaired) electrons. The second kappa shape index (κ2) is 7.54. The van der Waals surface area contributed by atoms with E-state index in [2.05, 4.69) is 14.7 Å². The molecule has 0 bridgehead atoms. The standard InChI is InChI=1S/C15H15F4N3O3S/c1-9-7-13(15(17,18)19)22-14(21-9)5-6-20-26(23,24)12-8-10(16)3-4-11(12)25-2/h3-4,7-8,20H,5-6H2,1-2H3. The van der Waals surface area contributed by atoms with E-state index in [1.54, 1.807) is 0 Å². The number of rotatable bonds is 6. The second-order valence-corrected chi connectivity index (χ2v) is 6.99. The van der Waals surface area contributed by atoms with E-state index in [1.165, 1.54) is 14.0 Å². The number of methoxy groups -OCH3 is 1. The van der Waals surface area contributed by atoms with Crippen LogP contribution in [-0.2, 0) is 22.6 Å². The van der Waals surface area contributed by atoms with E-state index in [-0.39, 0.29) is 30.2 Å². The van der Waals surface area contributed by atoms with Crippen molar-refractivity contribution in [3.05, 3.63) is 47.3 Å². The van der Waals surface area contributed by atoms with Crippen molar-refractivity contribution in [1.82, 2.24) is 14.7 Å². The molecule has 0 amide bonds. The van der Waals surface area contributed by atoms with E-state index in [9.17, 15) is 26.0 Å². The summed E-state index contributed by atoms with van der Waals surface area (Å²) in [6.45, 7) is 1.10. The Morgan fingerprint density at radius 2 is 1.88 bits per heavy atom. The average molecular weight is 393 g/mol. The van der Waals surface area contributed by atoms with E-state index < -0.39 is 32.6 Å². The predicted molar refractivity (Wildman–Crippen MR) is 83.6 cm³/mol. The van der Waals surface area contributed by atoms with Gasteiger partial charge in [-0.15, -0.1) is 0 Å². The summed E-state index contributed by atoms with van der Waals surface area (Å²) in [4.78, 5) is 6.83. The van der Waals surface area contributed by atoms with Crippen molar-refractivity contribution in [1.29, 1.82) is 0 Å². The van der Waals surface area contributed by atoms with E-state index >= 15 is 0 Å². The fourth-order valence-corrected chi connectivity index (χ4v) is 3.33. The largest absolute Gasteiger partial charge is 0.495 e. The van der Waals surface area contributed by atoms with Gasteiger partial charge in [-0.05, 0) is 31.2 Å². The molecule has 6 nitrogen and oxygen atoms in total. The van der Waals surface area contributed by atoms with Crippen LogP contribution in [0.25, 0.3) is 0 Å². The Morgan fingerprint density at radius 3 is 2.50 bits per heavy atom. The maximum atomic E-state index is 13.3. The Hall–Kier alpha value is -2.27. The summed E-state index contributed by atoms with van der Waals surface area (Å²) in [6, 6.07) is 3.78. The van der Waals surface area contributed by atoms with Crippen molar-refractivity contribution in [2.45, 2.75) is 24.4 Å². The number of aryl methyl sites for hydroxylation is 1. The van der Waals surface area contributed by atoms with Gasteiger partial charge in [0.1, 0.15) is 28.0 Å². The van der Waals surface area contributed by atoms with Crippen molar-refractivity contribution in [3.8, 4) is 5.75 Å². The number of sulfonamides is 1. The van der Waals surface area contributed by atoms with Crippen LogP contribution < -0.4 is 9.46 Å². The number of nitrogens with zero attached hydrogens (tertiary/aromatic N) is 2. The minimum Gasteiger partial charge on any atom is -0.495 e. The van der Waals surface area contributed by atoms with Gasteiger partial charge in [-0.25, -0.2) is 27.5 Å². The molecule has 1 heterocycles. The smallest absolute Gasteiger partial charge is 0.433 e. The molecule has 142 valence electrons. The van der Waals surface area contributed by atoms with Gasteiger partial charge in [0.05, 0.1) is 7.11 Å². The van der Waals surface area contributed by atoms with Gasteiger partial charge in [-0.1, -0.05) is 0 Å². The van der Waals surface area contributed by atoms with Gasteiger partial charge >= 0.3 is 6.18 Å². The lowest BCUT2D eigenvalue weighted by Gasteiger charge is -2.11. The SMILES string of the molecule is COc1ccc(F)cc1S(=O)(=O)NCCc1nc(C)cc(C(F)(F)F)n1. The van der Waals surface area contributed by atoms with Crippen LogP contribution in [0.15, 0.2) is 29.2 Å². The number of nitrogens with one attached hydrogen (secondary N) is 1. The Labute approximate surface area is 147 Å². The first-order valence-corrected chi connectivity index (χ1v) is 8.76. The lowest BCUT2D eigenvalue weighted by atomic mass is 10.3. The molecular formula is C15H15F4N3O3S. The topological polar surface area (TPSA) is 81.2 Å². The monoisotopic (exact) mass is 393 g/mol. The molecule has 1 aromatic carbocycles. The van der Waals surface area contributed by atoms with E-state index in [0.29, 0.717) is 0 Å². The van der Waals surface area contributed by atoms with Gasteiger partial charge in [0.2, 0.25) is 10.0 Å². The number of alkyl halides is 3. The molecule has 1 N–H and O–H groups in total. The zero-order valence-corrected chi connectivity index (χ0v) is 14.6.